The quantitative estimate of drug-likeness (QED) is 0.545. The summed E-state index contributed by atoms with van der Waals surface area (Å²) in [5, 5.41) is 13.4. The number of anilines is 1. The summed E-state index contributed by atoms with van der Waals surface area (Å²) in [6.45, 7) is 1.96. The van der Waals surface area contributed by atoms with Crippen LogP contribution < -0.4 is 10.6 Å². The Kier molecular flexibility index (Phi) is 6.38. The molecule has 104 valence electrons. The van der Waals surface area contributed by atoms with Crippen LogP contribution in [0.25, 0.3) is 0 Å². The molecule has 6 nitrogen and oxygen atoms in total. The van der Waals surface area contributed by atoms with Crippen molar-refractivity contribution in [3.63, 3.8) is 0 Å². The van der Waals surface area contributed by atoms with Gasteiger partial charge in [0.2, 0.25) is 0 Å². The molecule has 6 heteroatoms. The average molecular weight is 266 g/mol. The highest BCUT2D eigenvalue weighted by molar-refractivity contribution is 5.92. The Morgan fingerprint density at radius 1 is 1.32 bits per heavy atom. The molecule has 0 aliphatic rings. The van der Waals surface area contributed by atoms with Crippen LogP contribution in [0.3, 0.4) is 0 Å². The van der Waals surface area contributed by atoms with Crippen LogP contribution >= 0.6 is 0 Å². The average Bonchev–Trinajstić information content (AvgIpc) is 2.43. The van der Waals surface area contributed by atoms with Crippen molar-refractivity contribution in [3.05, 3.63) is 30.3 Å². The van der Waals surface area contributed by atoms with Gasteiger partial charge in [-0.3, -0.25) is 4.89 Å². The summed E-state index contributed by atoms with van der Waals surface area (Å²) in [6, 6.07) is 7.48. The van der Waals surface area contributed by atoms with E-state index in [2.05, 4.69) is 15.5 Å². The third-order valence-electron chi connectivity index (χ3n) is 2.56. The fourth-order valence-electron chi connectivity index (χ4n) is 1.57. The molecule has 1 aromatic carbocycles. The zero-order valence-corrected chi connectivity index (χ0v) is 10.8. The summed E-state index contributed by atoms with van der Waals surface area (Å²) in [4.78, 5) is 26.7. The summed E-state index contributed by atoms with van der Waals surface area (Å²) in [6.07, 6.45) is 2.03. The number of amides is 2. The molecule has 0 radical (unpaired) electrons. The van der Waals surface area contributed by atoms with E-state index in [1.165, 1.54) is 0 Å². The molecule has 0 fully saturated rings. The van der Waals surface area contributed by atoms with Crippen LogP contribution in [0.2, 0.25) is 0 Å². The highest BCUT2D eigenvalue weighted by Crippen LogP contribution is 2.06. The van der Waals surface area contributed by atoms with Gasteiger partial charge in [0.25, 0.3) is 0 Å². The molecule has 1 rings (SSSR count). The van der Waals surface area contributed by atoms with Crippen molar-refractivity contribution in [2.75, 3.05) is 5.32 Å². The van der Waals surface area contributed by atoms with Crippen LogP contribution in [0.1, 0.15) is 26.2 Å². The molecule has 0 heterocycles. The van der Waals surface area contributed by atoms with Crippen LogP contribution in [-0.4, -0.2) is 23.3 Å². The summed E-state index contributed by atoms with van der Waals surface area (Å²) in [5.41, 5.74) is 0.617. The predicted octanol–water partition coefficient (Wildman–Crippen LogP) is 2.38. The molecule has 1 unspecified atom stereocenters. The van der Waals surface area contributed by atoms with E-state index in [0.717, 1.165) is 12.8 Å². The molecule has 0 aliphatic carbocycles. The Morgan fingerprint density at radius 3 is 2.58 bits per heavy atom. The molecule has 19 heavy (non-hydrogen) atoms. The van der Waals surface area contributed by atoms with E-state index in [-0.39, 0.29) is 0 Å². The van der Waals surface area contributed by atoms with Crippen LogP contribution in [0.5, 0.6) is 0 Å². The van der Waals surface area contributed by atoms with E-state index in [1.807, 2.05) is 13.0 Å². The van der Waals surface area contributed by atoms with Crippen LogP contribution in [0.15, 0.2) is 30.3 Å². The van der Waals surface area contributed by atoms with Crippen LogP contribution in [0, 0.1) is 0 Å². The lowest BCUT2D eigenvalue weighted by Gasteiger charge is -2.15. The van der Waals surface area contributed by atoms with Crippen molar-refractivity contribution in [1.82, 2.24) is 5.32 Å². The van der Waals surface area contributed by atoms with E-state index in [1.54, 1.807) is 24.3 Å². The number of rotatable bonds is 6. The first kappa shape index (κ1) is 15.0. The normalized spacial score (nSPS) is 11.5. The second kappa shape index (κ2) is 8.10. The molecule has 0 aliphatic heterocycles. The minimum atomic E-state index is -0.864. The van der Waals surface area contributed by atoms with Gasteiger partial charge in [-0.2, -0.15) is 5.26 Å². The number of benzene rings is 1. The maximum Gasteiger partial charge on any atom is 0.364 e. The number of para-hydroxylation sites is 1. The molecule has 0 aromatic heterocycles. The van der Waals surface area contributed by atoms with Gasteiger partial charge in [0.1, 0.15) is 6.04 Å². The fraction of sp³-hybridized carbons (Fsp3) is 0.385. The topological polar surface area (TPSA) is 87.7 Å². The summed E-state index contributed by atoms with van der Waals surface area (Å²) in [7, 11) is 0. The summed E-state index contributed by atoms with van der Waals surface area (Å²) in [5.74, 6) is -0.864. The summed E-state index contributed by atoms with van der Waals surface area (Å²) < 4.78 is 0. The predicted molar refractivity (Wildman–Crippen MR) is 70.6 cm³/mol. The SMILES string of the molecule is CCCCC(NC(=O)Nc1ccccc1)C(=O)OO. The molecular formula is C13H18N2O4. The van der Waals surface area contributed by atoms with Gasteiger partial charge in [-0.1, -0.05) is 38.0 Å². The van der Waals surface area contributed by atoms with E-state index in [4.69, 9.17) is 5.26 Å². The van der Waals surface area contributed by atoms with Crippen LogP contribution in [-0.2, 0) is 9.68 Å². The Balaban J connectivity index is 2.53. The van der Waals surface area contributed by atoms with Gasteiger partial charge in [-0.05, 0) is 18.6 Å². The Bertz CT molecular complexity index is 408. The number of urea groups is 1. The standard InChI is InChI=1S/C13H18N2O4/c1-2-3-9-11(12(16)19-18)15-13(17)14-10-7-5-4-6-8-10/h4-8,11,18H,2-3,9H2,1H3,(H2,14,15,17). The molecule has 1 atom stereocenters. The number of unbranched alkanes of at least 4 members (excludes halogenated alkanes) is 1. The molecular weight excluding hydrogens is 248 g/mol. The number of nitrogens with one attached hydrogen (secondary N) is 2. The second-order valence-electron chi connectivity index (χ2n) is 4.07. The highest BCUT2D eigenvalue weighted by atomic mass is 17.1. The fourth-order valence-corrected chi connectivity index (χ4v) is 1.57. The highest BCUT2D eigenvalue weighted by Gasteiger charge is 2.21. The van der Waals surface area contributed by atoms with Crippen molar-refractivity contribution >= 4 is 17.7 Å². The molecule has 2 amide bonds. The first-order valence-electron chi connectivity index (χ1n) is 6.15. The molecule has 3 N–H and O–H groups in total. The number of carbonyl (C=O) groups excluding carboxylic acids is 2. The van der Waals surface area contributed by atoms with Crippen molar-refractivity contribution in [2.45, 2.75) is 32.2 Å². The van der Waals surface area contributed by atoms with Gasteiger partial charge in [0.15, 0.2) is 0 Å². The van der Waals surface area contributed by atoms with Gasteiger partial charge in [-0.25, -0.2) is 9.59 Å². The summed E-state index contributed by atoms with van der Waals surface area (Å²) >= 11 is 0. The van der Waals surface area contributed by atoms with Gasteiger partial charge in [0, 0.05) is 5.69 Å². The first-order chi connectivity index (χ1) is 9.17. The Hall–Kier alpha value is -2.08. The zero-order valence-electron chi connectivity index (χ0n) is 10.8. The van der Waals surface area contributed by atoms with Gasteiger partial charge in [-0.15, -0.1) is 0 Å². The zero-order chi connectivity index (χ0) is 14.1. The lowest BCUT2D eigenvalue weighted by Crippen LogP contribution is -2.43. The number of carbonyl (C=O) groups is 2. The lowest BCUT2D eigenvalue weighted by atomic mass is 10.1. The van der Waals surface area contributed by atoms with Crippen molar-refractivity contribution < 1.29 is 19.7 Å². The Labute approximate surface area is 111 Å². The van der Waals surface area contributed by atoms with Crippen molar-refractivity contribution in [1.29, 1.82) is 0 Å². The second-order valence-corrected chi connectivity index (χ2v) is 4.07. The lowest BCUT2D eigenvalue weighted by molar-refractivity contribution is -0.236. The first-order valence-corrected chi connectivity index (χ1v) is 6.15. The van der Waals surface area contributed by atoms with E-state index >= 15 is 0 Å². The van der Waals surface area contributed by atoms with Crippen LogP contribution in [0.4, 0.5) is 10.5 Å². The largest absolute Gasteiger partial charge is 0.364 e. The minimum absolute atomic E-state index is 0.415. The molecule has 0 bridgehead atoms. The maximum atomic E-state index is 11.7. The van der Waals surface area contributed by atoms with Crippen molar-refractivity contribution in [2.24, 2.45) is 0 Å². The van der Waals surface area contributed by atoms with Gasteiger partial charge in [0.05, 0.1) is 0 Å². The smallest absolute Gasteiger partial charge is 0.324 e. The minimum Gasteiger partial charge on any atom is -0.324 e. The van der Waals surface area contributed by atoms with E-state index < -0.39 is 18.0 Å². The Morgan fingerprint density at radius 2 is 2.00 bits per heavy atom. The molecule has 0 saturated carbocycles. The number of hydrogen-bond donors (Lipinski definition) is 3. The van der Waals surface area contributed by atoms with Crippen molar-refractivity contribution in [3.8, 4) is 0 Å². The molecule has 1 aromatic rings. The third-order valence-corrected chi connectivity index (χ3v) is 2.56. The molecule has 0 spiro atoms. The third kappa shape index (κ3) is 5.39. The van der Waals surface area contributed by atoms with E-state index in [9.17, 15) is 9.59 Å². The number of hydrogen-bond acceptors (Lipinski definition) is 4. The molecule has 0 saturated heterocycles. The maximum absolute atomic E-state index is 11.7. The van der Waals surface area contributed by atoms with E-state index in [0.29, 0.717) is 12.1 Å². The van der Waals surface area contributed by atoms with Gasteiger partial charge < -0.3 is 10.6 Å². The monoisotopic (exact) mass is 266 g/mol. The van der Waals surface area contributed by atoms with Gasteiger partial charge >= 0.3 is 12.0 Å².